The fourth-order valence-corrected chi connectivity index (χ4v) is 4.84. The lowest BCUT2D eigenvalue weighted by atomic mass is 10.0. The van der Waals surface area contributed by atoms with Crippen LogP contribution in [0.15, 0.2) is 54.7 Å². The van der Waals surface area contributed by atoms with Crippen LogP contribution in [0.1, 0.15) is 31.2 Å². The molecule has 4 atom stereocenters. The van der Waals surface area contributed by atoms with Crippen molar-refractivity contribution < 1.29 is 10.2 Å². The third-order valence-electron chi connectivity index (χ3n) is 6.65. The first-order valence-electron chi connectivity index (χ1n) is 12.0. The van der Waals surface area contributed by atoms with Gasteiger partial charge in [-0.3, -0.25) is 4.98 Å². The van der Waals surface area contributed by atoms with Crippen molar-refractivity contribution >= 4 is 28.4 Å². The summed E-state index contributed by atoms with van der Waals surface area (Å²) in [7, 11) is 0. The molecule has 0 amide bonds. The molecule has 0 radical (unpaired) electrons. The lowest BCUT2D eigenvalue weighted by molar-refractivity contribution is 0.0167. The van der Waals surface area contributed by atoms with Crippen molar-refractivity contribution in [2.75, 3.05) is 10.6 Å². The summed E-state index contributed by atoms with van der Waals surface area (Å²) in [6.07, 6.45) is 1.55. The van der Waals surface area contributed by atoms with Gasteiger partial charge in [-0.25, -0.2) is 9.97 Å². The van der Waals surface area contributed by atoms with E-state index in [2.05, 4.69) is 20.6 Å². The van der Waals surface area contributed by atoms with E-state index in [9.17, 15) is 10.2 Å². The minimum absolute atomic E-state index is 0.0342. The Morgan fingerprint density at radius 2 is 1.71 bits per heavy atom. The maximum Gasteiger partial charge on any atom is 0.229 e. The van der Waals surface area contributed by atoms with Gasteiger partial charge in [-0.1, -0.05) is 37.6 Å². The van der Waals surface area contributed by atoms with Crippen LogP contribution < -0.4 is 10.6 Å². The fraction of sp³-hybridized carbons (Fsp3) is 0.333. The zero-order valence-electron chi connectivity index (χ0n) is 20.1. The summed E-state index contributed by atoms with van der Waals surface area (Å²) in [5.74, 6) is 1.01. The molecule has 0 saturated heterocycles. The summed E-state index contributed by atoms with van der Waals surface area (Å²) in [4.78, 5) is 18.6. The molecule has 0 aliphatic heterocycles. The number of para-hydroxylation sites is 1. The van der Waals surface area contributed by atoms with Gasteiger partial charge in [0.05, 0.1) is 28.9 Å². The van der Waals surface area contributed by atoms with Gasteiger partial charge in [-0.15, -0.1) is 0 Å². The number of nitrogens with one attached hydrogen (secondary N) is 2. The van der Waals surface area contributed by atoms with Gasteiger partial charge >= 0.3 is 0 Å². The van der Waals surface area contributed by atoms with E-state index in [1.54, 1.807) is 6.20 Å². The van der Waals surface area contributed by atoms with E-state index in [-0.39, 0.29) is 12.0 Å². The number of aliphatic hydroxyl groups is 2. The molecule has 1 aliphatic carbocycles. The molecule has 1 fully saturated rings. The number of benzene rings is 1. The van der Waals surface area contributed by atoms with E-state index in [1.807, 2.05) is 69.3 Å². The second-order valence-corrected chi connectivity index (χ2v) is 9.24. The van der Waals surface area contributed by atoms with Gasteiger partial charge in [0.1, 0.15) is 11.9 Å². The number of fused-ring (bicyclic) bond motifs is 1. The molecule has 1 saturated carbocycles. The second-order valence-electron chi connectivity index (χ2n) is 9.24. The Morgan fingerprint density at radius 3 is 2.46 bits per heavy atom. The smallest absolute Gasteiger partial charge is 0.229 e. The van der Waals surface area contributed by atoms with Crippen LogP contribution in [0, 0.1) is 19.8 Å². The quantitative estimate of drug-likeness (QED) is 0.328. The minimum Gasteiger partial charge on any atom is -0.390 e. The predicted molar refractivity (Wildman–Crippen MR) is 138 cm³/mol. The molecule has 0 spiro atoms. The number of pyridine rings is 2. The predicted octanol–water partition coefficient (Wildman–Crippen LogP) is 4.38. The first-order valence-corrected chi connectivity index (χ1v) is 12.0. The number of hydrogen-bond donors (Lipinski definition) is 4. The van der Waals surface area contributed by atoms with E-state index in [0.717, 1.165) is 45.7 Å². The molecule has 1 aliphatic rings. The molecule has 0 bridgehead atoms. The van der Waals surface area contributed by atoms with Gasteiger partial charge < -0.3 is 20.8 Å². The van der Waals surface area contributed by atoms with Crippen molar-refractivity contribution in [3.05, 3.63) is 66.1 Å². The molecule has 1 aromatic carbocycles. The molecule has 4 aromatic rings. The van der Waals surface area contributed by atoms with Gasteiger partial charge in [-0.05, 0) is 50.5 Å². The highest BCUT2D eigenvalue weighted by Crippen LogP contribution is 2.34. The van der Waals surface area contributed by atoms with E-state index >= 15 is 0 Å². The molecule has 0 unspecified atom stereocenters. The Bertz CT molecular complexity index is 1340. The topological polar surface area (TPSA) is 116 Å². The van der Waals surface area contributed by atoms with Crippen molar-refractivity contribution in [1.29, 1.82) is 0 Å². The molecule has 35 heavy (non-hydrogen) atoms. The van der Waals surface area contributed by atoms with Crippen molar-refractivity contribution in [2.24, 2.45) is 5.92 Å². The van der Waals surface area contributed by atoms with Crippen LogP contribution in [0.5, 0.6) is 0 Å². The van der Waals surface area contributed by atoms with Gasteiger partial charge in [-0.2, -0.15) is 4.98 Å². The first kappa shape index (κ1) is 23.1. The Morgan fingerprint density at radius 1 is 0.943 bits per heavy atom. The Labute approximate surface area is 204 Å². The van der Waals surface area contributed by atoms with Crippen molar-refractivity contribution in [2.45, 2.75) is 51.9 Å². The van der Waals surface area contributed by atoms with Crippen LogP contribution in [-0.4, -0.2) is 48.4 Å². The van der Waals surface area contributed by atoms with Crippen LogP contribution in [0.3, 0.4) is 0 Å². The first-order chi connectivity index (χ1) is 16.9. The van der Waals surface area contributed by atoms with Crippen molar-refractivity contribution in [3.8, 4) is 11.3 Å². The Hall–Kier alpha value is -3.62. The number of anilines is 3. The molecule has 8 nitrogen and oxygen atoms in total. The highest BCUT2D eigenvalue weighted by molar-refractivity contribution is 5.83. The maximum atomic E-state index is 10.7. The van der Waals surface area contributed by atoms with E-state index in [4.69, 9.17) is 9.97 Å². The zero-order chi connectivity index (χ0) is 24.5. The molecule has 5 rings (SSSR count). The highest BCUT2D eigenvalue weighted by Gasteiger charge is 2.40. The van der Waals surface area contributed by atoms with Crippen molar-refractivity contribution in [1.82, 2.24) is 19.9 Å². The minimum atomic E-state index is -0.880. The number of rotatable bonds is 6. The summed E-state index contributed by atoms with van der Waals surface area (Å²) in [5, 5.41) is 28.9. The SMILES string of the molecule is CC[C@H]1C[C@@H](Nc2nc(Nc3cc(C)nc(C)c3)ncc2-c2ccc3ccccc3n2)[C@H](O)[C@@H]1O. The van der Waals surface area contributed by atoms with Crippen LogP contribution >= 0.6 is 0 Å². The van der Waals surface area contributed by atoms with Crippen LogP contribution in [0.4, 0.5) is 17.5 Å². The molecular formula is C27H30N6O2. The Balaban J connectivity index is 1.53. The average Bonchev–Trinajstić information content (AvgIpc) is 3.11. The van der Waals surface area contributed by atoms with E-state index in [1.165, 1.54) is 0 Å². The van der Waals surface area contributed by atoms with E-state index < -0.39 is 12.2 Å². The third-order valence-corrected chi connectivity index (χ3v) is 6.65. The summed E-state index contributed by atoms with van der Waals surface area (Å²) in [5.41, 5.74) is 4.98. The zero-order valence-corrected chi connectivity index (χ0v) is 20.1. The fourth-order valence-electron chi connectivity index (χ4n) is 4.84. The van der Waals surface area contributed by atoms with Gasteiger partial charge in [0.15, 0.2) is 0 Å². The standard InChI is InChI=1S/C27H30N6O2/c1-4-17-13-23(25(35)24(17)34)32-26-20(22-10-9-18-7-5-6-8-21(18)31-22)14-28-27(33-26)30-19-11-15(2)29-16(3)12-19/h5-12,14,17,23-25,34-35H,4,13H2,1-3H3,(H2,28,29,30,32,33)/t17-,23+,24+,25-/m0/s1. The van der Waals surface area contributed by atoms with Crippen LogP contribution in [0.25, 0.3) is 22.2 Å². The number of aryl methyl sites for hydroxylation is 2. The summed E-state index contributed by atoms with van der Waals surface area (Å²) in [6, 6.07) is 15.5. The lowest BCUT2D eigenvalue weighted by Crippen LogP contribution is -2.35. The monoisotopic (exact) mass is 470 g/mol. The molecular weight excluding hydrogens is 440 g/mol. The van der Waals surface area contributed by atoms with Crippen LogP contribution in [0.2, 0.25) is 0 Å². The highest BCUT2D eigenvalue weighted by atomic mass is 16.3. The molecule has 3 heterocycles. The second kappa shape index (κ2) is 9.56. The number of nitrogens with zero attached hydrogens (tertiary/aromatic N) is 4. The average molecular weight is 471 g/mol. The Kier molecular flexibility index (Phi) is 6.32. The number of aromatic nitrogens is 4. The van der Waals surface area contributed by atoms with Crippen LogP contribution in [-0.2, 0) is 0 Å². The van der Waals surface area contributed by atoms with Gasteiger partial charge in [0.2, 0.25) is 5.95 Å². The third kappa shape index (κ3) is 4.80. The molecule has 3 aromatic heterocycles. The molecule has 180 valence electrons. The van der Waals surface area contributed by atoms with Gasteiger partial charge in [0.25, 0.3) is 0 Å². The summed E-state index contributed by atoms with van der Waals surface area (Å²) < 4.78 is 0. The summed E-state index contributed by atoms with van der Waals surface area (Å²) >= 11 is 0. The lowest BCUT2D eigenvalue weighted by Gasteiger charge is -2.21. The van der Waals surface area contributed by atoms with Gasteiger partial charge in [0, 0.05) is 28.7 Å². The summed E-state index contributed by atoms with van der Waals surface area (Å²) in [6.45, 7) is 5.91. The maximum absolute atomic E-state index is 10.7. The number of hydrogen-bond acceptors (Lipinski definition) is 8. The molecule has 4 N–H and O–H groups in total. The molecule has 8 heteroatoms. The number of aliphatic hydroxyl groups excluding tert-OH is 2. The van der Waals surface area contributed by atoms with E-state index in [0.29, 0.717) is 18.2 Å². The largest absolute Gasteiger partial charge is 0.390 e. The van der Waals surface area contributed by atoms with Crippen molar-refractivity contribution in [3.63, 3.8) is 0 Å². The normalized spacial score (nSPS) is 21.9.